The molecule has 0 aliphatic heterocycles. The third kappa shape index (κ3) is 2.99. The van der Waals surface area contributed by atoms with Crippen LogP contribution in [0.1, 0.15) is 36.8 Å². The van der Waals surface area contributed by atoms with Gasteiger partial charge in [-0.3, -0.25) is 4.79 Å². The van der Waals surface area contributed by atoms with Crippen LogP contribution < -0.4 is 5.32 Å². The van der Waals surface area contributed by atoms with Gasteiger partial charge in [0.25, 0.3) is 0 Å². The number of nitrogens with zero attached hydrogens (tertiary/aromatic N) is 2. The molecule has 23 heavy (non-hydrogen) atoms. The number of benzene rings is 1. The van der Waals surface area contributed by atoms with Crippen LogP contribution >= 0.6 is 11.3 Å². The number of nitrogens with one attached hydrogen (secondary N) is 1. The standard InChI is InChI=1S/C18H19N3OS/c1-12-5-6-14(13(2)9-12)15-10-23-17(20-15)21-16(22)18(11-19)7-3-4-8-18/h5-6,9-10H,3-4,7-8H2,1-2H3,(H,20,21,22). The van der Waals surface area contributed by atoms with Crippen molar-refractivity contribution in [1.29, 1.82) is 5.26 Å². The Hall–Kier alpha value is -2.19. The van der Waals surface area contributed by atoms with Crippen LogP contribution in [-0.4, -0.2) is 10.9 Å². The number of carbonyl (C=O) groups is 1. The van der Waals surface area contributed by atoms with Gasteiger partial charge in [-0.05, 0) is 32.3 Å². The van der Waals surface area contributed by atoms with E-state index in [1.807, 2.05) is 5.38 Å². The number of hydrogen-bond acceptors (Lipinski definition) is 4. The fraction of sp³-hybridized carbons (Fsp3) is 0.389. The fourth-order valence-corrected chi connectivity index (χ4v) is 3.85. The lowest BCUT2D eigenvalue weighted by atomic mass is 9.87. The molecule has 1 aliphatic rings. The van der Waals surface area contributed by atoms with E-state index in [1.54, 1.807) is 0 Å². The largest absolute Gasteiger partial charge is 0.301 e. The van der Waals surface area contributed by atoms with Crippen LogP contribution in [0.2, 0.25) is 0 Å². The molecule has 0 bridgehead atoms. The molecule has 0 saturated heterocycles. The number of nitriles is 1. The number of thiazole rings is 1. The van der Waals surface area contributed by atoms with Gasteiger partial charge in [-0.1, -0.05) is 36.6 Å². The summed E-state index contributed by atoms with van der Waals surface area (Å²) in [6, 6.07) is 8.45. The van der Waals surface area contributed by atoms with Crippen molar-refractivity contribution in [2.75, 3.05) is 5.32 Å². The monoisotopic (exact) mass is 325 g/mol. The number of aromatic nitrogens is 1. The molecule has 1 aromatic heterocycles. The van der Waals surface area contributed by atoms with E-state index in [2.05, 4.69) is 48.4 Å². The van der Waals surface area contributed by atoms with E-state index in [9.17, 15) is 10.1 Å². The number of carbonyl (C=O) groups excluding carboxylic acids is 1. The average molecular weight is 325 g/mol. The second kappa shape index (κ2) is 6.13. The molecule has 1 fully saturated rings. The minimum Gasteiger partial charge on any atom is -0.301 e. The lowest BCUT2D eigenvalue weighted by Gasteiger charge is -2.17. The summed E-state index contributed by atoms with van der Waals surface area (Å²) >= 11 is 1.40. The smallest absolute Gasteiger partial charge is 0.246 e. The number of rotatable bonds is 3. The molecule has 0 radical (unpaired) electrons. The van der Waals surface area contributed by atoms with Crippen molar-refractivity contribution in [3.05, 3.63) is 34.7 Å². The van der Waals surface area contributed by atoms with Crippen molar-refractivity contribution in [2.45, 2.75) is 39.5 Å². The first-order valence-corrected chi connectivity index (χ1v) is 8.68. The van der Waals surface area contributed by atoms with Gasteiger partial charge in [0.2, 0.25) is 5.91 Å². The van der Waals surface area contributed by atoms with Crippen LogP contribution in [0.4, 0.5) is 5.13 Å². The average Bonchev–Trinajstić information content (AvgIpc) is 3.17. The van der Waals surface area contributed by atoms with E-state index in [1.165, 1.54) is 16.9 Å². The van der Waals surface area contributed by atoms with Gasteiger partial charge in [-0.2, -0.15) is 5.26 Å². The quantitative estimate of drug-likeness (QED) is 0.906. The second-order valence-corrected chi connectivity index (χ2v) is 7.07. The van der Waals surface area contributed by atoms with Crippen LogP contribution in [-0.2, 0) is 4.79 Å². The molecule has 0 unspecified atom stereocenters. The Balaban J connectivity index is 1.80. The van der Waals surface area contributed by atoms with Crippen LogP contribution in [0.5, 0.6) is 0 Å². The molecule has 1 aromatic carbocycles. The van der Waals surface area contributed by atoms with Crippen molar-refractivity contribution in [3.8, 4) is 17.3 Å². The first kappa shape index (κ1) is 15.7. The summed E-state index contributed by atoms with van der Waals surface area (Å²) in [4.78, 5) is 17.0. The summed E-state index contributed by atoms with van der Waals surface area (Å²) in [5.41, 5.74) is 3.44. The molecule has 1 saturated carbocycles. The maximum absolute atomic E-state index is 12.5. The highest BCUT2D eigenvalue weighted by Crippen LogP contribution is 2.39. The van der Waals surface area contributed by atoms with Gasteiger partial charge in [0.15, 0.2) is 5.13 Å². The lowest BCUT2D eigenvalue weighted by molar-refractivity contribution is -0.122. The molecule has 5 heteroatoms. The molecule has 1 amide bonds. The van der Waals surface area contributed by atoms with E-state index in [4.69, 9.17) is 0 Å². The highest BCUT2D eigenvalue weighted by Gasteiger charge is 2.41. The summed E-state index contributed by atoms with van der Waals surface area (Å²) in [6.07, 6.45) is 3.16. The molecule has 118 valence electrons. The topological polar surface area (TPSA) is 65.8 Å². The molecule has 2 aromatic rings. The van der Waals surface area contributed by atoms with E-state index < -0.39 is 5.41 Å². The Kier molecular flexibility index (Phi) is 4.18. The van der Waals surface area contributed by atoms with Crippen LogP contribution in [0.15, 0.2) is 23.6 Å². The lowest BCUT2D eigenvalue weighted by Crippen LogP contribution is -2.32. The molecule has 1 heterocycles. The summed E-state index contributed by atoms with van der Waals surface area (Å²) in [7, 11) is 0. The molecule has 3 rings (SSSR count). The normalized spacial score (nSPS) is 16.0. The summed E-state index contributed by atoms with van der Waals surface area (Å²) in [6.45, 7) is 4.12. The van der Waals surface area contributed by atoms with Crippen molar-refractivity contribution in [1.82, 2.24) is 4.98 Å². The molecule has 0 spiro atoms. The number of aryl methyl sites for hydroxylation is 2. The van der Waals surface area contributed by atoms with Gasteiger partial charge in [-0.25, -0.2) is 4.98 Å². The predicted octanol–water partition coefficient (Wildman–Crippen LogP) is 4.45. The number of amides is 1. The SMILES string of the molecule is Cc1ccc(-c2csc(NC(=O)C3(C#N)CCCC3)n2)c(C)c1. The molecule has 0 atom stereocenters. The first-order valence-electron chi connectivity index (χ1n) is 7.80. The van der Waals surface area contributed by atoms with Gasteiger partial charge in [0.1, 0.15) is 5.41 Å². The third-order valence-electron chi connectivity index (χ3n) is 4.49. The van der Waals surface area contributed by atoms with E-state index in [0.29, 0.717) is 18.0 Å². The van der Waals surface area contributed by atoms with E-state index in [-0.39, 0.29) is 5.91 Å². The van der Waals surface area contributed by atoms with Gasteiger partial charge in [0, 0.05) is 10.9 Å². The molecular formula is C18H19N3OS. The zero-order valence-corrected chi connectivity index (χ0v) is 14.2. The highest BCUT2D eigenvalue weighted by molar-refractivity contribution is 7.14. The zero-order valence-electron chi connectivity index (χ0n) is 13.3. The zero-order chi connectivity index (χ0) is 16.4. The molecular weight excluding hydrogens is 306 g/mol. The minimum atomic E-state index is -0.869. The minimum absolute atomic E-state index is 0.209. The summed E-state index contributed by atoms with van der Waals surface area (Å²) in [5.74, 6) is -0.209. The summed E-state index contributed by atoms with van der Waals surface area (Å²) < 4.78 is 0. The van der Waals surface area contributed by atoms with Crippen molar-refractivity contribution < 1.29 is 4.79 Å². The Morgan fingerprint density at radius 2 is 2.09 bits per heavy atom. The first-order chi connectivity index (χ1) is 11.0. The number of anilines is 1. The highest BCUT2D eigenvalue weighted by atomic mass is 32.1. The van der Waals surface area contributed by atoms with Gasteiger partial charge in [-0.15, -0.1) is 11.3 Å². The summed E-state index contributed by atoms with van der Waals surface area (Å²) in [5, 5.41) is 14.7. The molecule has 1 aliphatic carbocycles. The molecule has 4 nitrogen and oxygen atoms in total. The Morgan fingerprint density at radius 3 is 2.74 bits per heavy atom. The predicted molar refractivity (Wildman–Crippen MR) is 92.2 cm³/mol. The molecule has 1 N–H and O–H groups in total. The second-order valence-electron chi connectivity index (χ2n) is 6.21. The Labute approximate surface area is 140 Å². The van der Waals surface area contributed by atoms with Crippen molar-refractivity contribution in [2.24, 2.45) is 5.41 Å². The van der Waals surface area contributed by atoms with Crippen LogP contribution in [0.3, 0.4) is 0 Å². The maximum atomic E-state index is 12.5. The fourth-order valence-electron chi connectivity index (χ4n) is 3.14. The van der Waals surface area contributed by atoms with Crippen molar-refractivity contribution >= 4 is 22.4 Å². The number of hydrogen-bond donors (Lipinski definition) is 1. The van der Waals surface area contributed by atoms with E-state index >= 15 is 0 Å². The van der Waals surface area contributed by atoms with Gasteiger partial charge >= 0.3 is 0 Å². The van der Waals surface area contributed by atoms with E-state index in [0.717, 1.165) is 29.7 Å². The third-order valence-corrected chi connectivity index (χ3v) is 5.25. The van der Waals surface area contributed by atoms with Crippen LogP contribution in [0.25, 0.3) is 11.3 Å². The maximum Gasteiger partial charge on any atom is 0.246 e. The van der Waals surface area contributed by atoms with Crippen LogP contribution in [0, 0.1) is 30.6 Å². The van der Waals surface area contributed by atoms with Gasteiger partial charge in [0.05, 0.1) is 11.8 Å². The van der Waals surface area contributed by atoms with Gasteiger partial charge < -0.3 is 5.32 Å². The van der Waals surface area contributed by atoms with Crippen molar-refractivity contribution in [3.63, 3.8) is 0 Å². The Bertz CT molecular complexity index is 782. The Morgan fingerprint density at radius 1 is 1.35 bits per heavy atom.